The molecule has 0 aromatic heterocycles. The van der Waals surface area contributed by atoms with E-state index in [2.05, 4.69) is 173 Å². The molecule has 4 aromatic carbocycles. The van der Waals surface area contributed by atoms with Crippen molar-refractivity contribution in [3.63, 3.8) is 0 Å². The molecule has 2 unspecified atom stereocenters. The van der Waals surface area contributed by atoms with Crippen LogP contribution >= 0.6 is 18.1 Å². The van der Waals surface area contributed by atoms with Crippen molar-refractivity contribution in [2.45, 2.75) is 146 Å². The molecule has 288 valence electrons. The van der Waals surface area contributed by atoms with Gasteiger partial charge in [-0.05, 0) is 142 Å². The van der Waals surface area contributed by atoms with Gasteiger partial charge in [0.15, 0.2) is 0 Å². The van der Waals surface area contributed by atoms with Gasteiger partial charge >= 0.3 is 0 Å². The summed E-state index contributed by atoms with van der Waals surface area (Å²) >= 11 is 0. The predicted octanol–water partition coefficient (Wildman–Crippen LogP) is 14.2. The molecule has 0 aliphatic rings. The number of rotatable bonds is 10. The fourth-order valence-electron chi connectivity index (χ4n) is 6.84. The molecule has 7 heteroatoms. The quantitative estimate of drug-likeness (QED) is 0.151. The number of ether oxygens (including phenoxy) is 1. The van der Waals surface area contributed by atoms with Gasteiger partial charge in [0.05, 0.1) is 0 Å². The minimum atomic E-state index is -0.424. The largest absolute Gasteiger partial charge is 0.488 e. The molecular formula is C46H64O5P2. The van der Waals surface area contributed by atoms with Crippen LogP contribution in [-0.4, -0.2) is 5.60 Å². The van der Waals surface area contributed by atoms with Gasteiger partial charge in [-0.25, -0.2) is 0 Å². The zero-order chi connectivity index (χ0) is 39.8. The van der Waals surface area contributed by atoms with Gasteiger partial charge in [-0.15, -0.1) is 0 Å². The van der Waals surface area contributed by atoms with Crippen LogP contribution in [0, 0.1) is 41.5 Å². The standard InChI is InChI=1S/C46H64O5P2/c1-27-19-28(2)22-33(21-27)48-52-50-41-36(44(10,11)12)25-35(43(7,8)9)31(5)39(41)40-32(6)38(47-46(16,17)18)26-37(45(13,14)15)42(40)51-53-49-34-23-29(3)20-30(4)24-34/h19-26,52-53H,1-18H3. The van der Waals surface area contributed by atoms with Crippen LogP contribution in [0.15, 0.2) is 48.5 Å². The Morgan fingerprint density at radius 3 is 1.11 bits per heavy atom. The smallest absolute Gasteiger partial charge is 0.275 e. The molecule has 0 bridgehead atoms. The molecular weight excluding hydrogens is 694 g/mol. The zero-order valence-corrected chi connectivity index (χ0v) is 37.7. The summed E-state index contributed by atoms with van der Waals surface area (Å²) in [6.07, 6.45) is 0. The van der Waals surface area contributed by atoms with Crippen LogP contribution in [0.4, 0.5) is 0 Å². The van der Waals surface area contributed by atoms with E-state index in [-0.39, 0.29) is 34.3 Å². The average molecular weight is 759 g/mol. The van der Waals surface area contributed by atoms with E-state index in [0.717, 1.165) is 84.4 Å². The normalized spacial score (nSPS) is 12.9. The molecule has 0 radical (unpaired) electrons. The third-order valence-corrected chi connectivity index (χ3v) is 10.3. The second-order valence-electron chi connectivity index (χ2n) is 18.7. The maximum Gasteiger partial charge on any atom is 0.275 e. The molecule has 0 aliphatic carbocycles. The topological polar surface area (TPSA) is 46.2 Å². The summed E-state index contributed by atoms with van der Waals surface area (Å²) in [7, 11) is -0.550. The second-order valence-corrected chi connectivity index (χ2v) is 19.9. The molecule has 0 N–H and O–H groups in total. The van der Waals surface area contributed by atoms with Gasteiger partial charge in [0.1, 0.15) is 34.3 Å². The zero-order valence-electron chi connectivity index (χ0n) is 35.7. The molecule has 0 spiro atoms. The molecule has 4 aromatic rings. The second kappa shape index (κ2) is 15.8. The summed E-state index contributed by atoms with van der Waals surface area (Å²) in [5.41, 5.74) is 10.9. The number of hydrogen-bond donors (Lipinski definition) is 0. The Bertz CT molecular complexity index is 1910. The van der Waals surface area contributed by atoms with Gasteiger partial charge in [-0.3, -0.25) is 0 Å². The van der Waals surface area contributed by atoms with Crippen LogP contribution < -0.4 is 22.8 Å². The van der Waals surface area contributed by atoms with Crippen molar-refractivity contribution in [1.29, 1.82) is 0 Å². The Kier molecular flexibility index (Phi) is 12.7. The Morgan fingerprint density at radius 2 is 0.755 bits per heavy atom. The van der Waals surface area contributed by atoms with Gasteiger partial charge in [-0.2, -0.15) is 0 Å². The van der Waals surface area contributed by atoms with Crippen LogP contribution in [0.5, 0.6) is 28.7 Å². The lowest BCUT2D eigenvalue weighted by Gasteiger charge is -2.34. The first-order valence-electron chi connectivity index (χ1n) is 18.7. The van der Waals surface area contributed by atoms with E-state index in [0.29, 0.717) is 0 Å². The molecule has 2 atom stereocenters. The van der Waals surface area contributed by atoms with Gasteiger partial charge in [0.25, 0.3) is 18.1 Å². The van der Waals surface area contributed by atoms with Gasteiger partial charge < -0.3 is 22.8 Å². The first-order chi connectivity index (χ1) is 24.3. The Morgan fingerprint density at radius 1 is 0.396 bits per heavy atom. The highest BCUT2D eigenvalue weighted by atomic mass is 31.1. The number of benzene rings is 4. The van der Waals surface area contributed by atoms with Crippen molar-refractivity contribution in [1.82, 2.24) is 0 Å². The molecule has 0 heterocycles. The molecule has 5 nitrogen and oxygen atoms in total. The van der Waals surface area contributed by atoms with E-state index in [4.69, 9.17) is 22.8 Å². The van der Waals surface area contributed by atoms with Crippen LogP contribution in [0.1, 0.15) is 133 Å². The highest BCUT2D eigenvalue weighted by Crippen LogP contribution is 2.55. The summed E-state index contributed by atoms with van der Waals surface area (Å²) < 4.78 is 33.4. The predicted molar refractivity (Wildman–Crippen MR) is 229 cm³/mol. The lowest BCUT2D eigenvalue weighted by atomic mass is 9.74. The summed E-state index contributed by atoms with van der Waals surface area (Å²) in [5, 5.41) is 0. The third kappa shape index (κ3) is 10.7. The van der Waals surface area contributed by atoms with E-state index in [9.17, 15) is 0 Å². The summed E-state index contributed by atoms with van der Waals surface area (Å²) in [4.78, 5) is 0. The van der Waals surface area contributed by atoms with E-state index >= 15 is 0 Å². The van der Waals surface area contributed by atoms with Gasteiger partial charge in [-0.1, -0.05) is 80.5 Å². The summed E-state index contributed by atoms with van der Waals surface area (Å²) in [6, 6.07) is 17.0. The Hall–Kier alpha value is -3.26. The van der Waals surface area contributed by atoms with E-state index in [1.165, 1.54) is 5.56 Å². The molecule has 4 rings (SSSR count). The monoisotopic (exact) mass is 758 g/mol. The van der Waals surface area contributed by atoms with E-state index in [1.807, 2.05) is 0 Å². The lowest BCUT2D eigenvalue weighted by Crippen LogP contribution is -2.24. The van der Waals surface area contributed by atoms with E-state index in [1.54, 1.807) is 0 Å². The van der Waals surface area contributed by atoms with Crippen molar-refractivity contribution in [3.8, 4) is 39.9 Å². The Labute approximate surface area is 324 Å². The van der Waals surface area contributed by atoms with Crippen molar-refractivity contribution < 1.29 is 22.8 Å². The van der Waals surface area contributed by atoms with Crippen LogP contribution in [0.25, 0.3) is 11.1 Å². The van der Waals surface area contributed by atoms with Crippen molar-refractivity contribution in [2.75, 3.05) is 0 Å². The van der Waals surface area contributed by atoms with Crippen molar-refractivity contribution >= 4 is 18.1 Å². The van der Waals surface area contributed by atoms with Crippen LogP contribution in [0.3, 0.4) is 0 Å². The minimum absolute atomic E-state index is 0.148. The molecule has 0 saturated carbocycles. The van der Waals surface area contributed by atoms with Crippen molar-refractivity contribution in [2.24, 2.45) is 0 Å². The molecule has 0 fully saturated rings. The lowest BCUT2D eigenvalue weighted by molar-refractivity contribution is 0.129. The SMILES string of the molecule is Cc1cc(C)cc(OPOc2c(C(C)(C)C)cc(OC(C)(C)C)c(C)c2-c2c(C)c(C(C)(C)C)cc(C(C)(C)C)c2OPOc2cc(C)cc(C)c2)c1. The molecule has 0 aliphatic heterocycles. The van der Waals surface area contributed by atoms with Crippen LogP contribution in [0.2, 0.25) is 0 Å². The van der Waals surface area contributed by atoms with Crippen LogP contribution in [-0.2, 0) is 16.2 Å². The third-order valence-electron chi connectivity index (χ3n) is 9.12. The Balaban J connectivity index is 2.08. The molecule has 0 saturated heterocycles. The molecule has 0 amide bonds. The first-order valence-corrected chi connectivity index (χ1v) is 20.3. The van der Waals surface area contributed by atoms with E-state index < -0.39 is 5.60 Å². The number of aryl methyl sites for hydroxylation is 4. The fraction of sp³-hybridized carbons (Fsp3) is 0.478. The maximum absolute atomic E-state index is 6.94. The van der Waals surface area contributed by atoms with Crippen molar-refractivity contribution in [3.05, 3.63) is 98.6 Å². The first kappa shape index (κ1) is 42.5. The highest BCUT2D eigenvalue weighted by Gasteiger charge is 2.35. The maximum atomic E-state index is 6.94. The van der Waals surface area contributed by atoms with Gasteiger partial charge in [0, 0.05) is 27.8 Å². The van der Waals surface area contributed by atoms with Gasteiger partial charge in [0.2, 0.25) is 0 Å². The summed E-state index contributed by atoms with van der Waals surface area (Å²) in [5.74, 6) is 3.98. The highest BCUT2D eigenvalue weighted by molar-refractivity contribution is 7.27. The number of hydrogen-bond acceptors (Lipinski definition) is 5. The average Bonchev–Trinajstić information content (AvgIpc) is 2.96. The minimum Gasteiger partial charge on any atom is -0.488 e. The fourth-order valence-corrected chi connectivity index (χ4v) is 7.94. The molecule has 53 heavy (non-hydrogen) atoms. The summed E-state index contributed by atoms with van der Waals surface area (Å²) in [6.45, 7) is 39.2.